The average Bonchev–Trinajstić information content (AvgIpc) is 2.12. The van der Waals surface area contributed by atoms with Crippen molar-refractivity contribution in [1.82, 2.24) is 0 Å². The van der Waals surface area contributed by atoms with Crippen molar-refractivity contribution in [3.8, 4) is 0 Å². The maximum atomic E-state index is 13.7. The zero-order valence-electron chi connectivity index (χ0n) is 10.4. The smallest absolute Gasteiger partial charge is 0.126 e. The molecule has 0 saturated heterocycles. The van der Waals surface area contributed by atoms with Crippen LogP contribution in [0, 0.1) is 25.6 Å². The lowest BCUT2D eigenvalue weighted by Crippen LogP contribution is -2.11. The predicted molar refractivity (Wildman–Crippen MR) is 66.2 cm³/mol. The monoisotopic (exact) mass is 220 g/mol. The van der Waals surface area contributed by atoms with Crippen LogP contribution in [0.15, 0.2) is 12.1 Å². The van der Waals surface area contributed by atoms with Crippen LogP contribution in [0.3, 0.4) is 0 Å². The van der Waals surface area contributed by atoms with Crippen molar-refractivity contribution < 1.29 is 4.39 Å². The highest BCUT2D eigenvalue weighted by molar-refractivity contribution is 5.32. The number of hydrogen-bond donors (Lipinski definition) is 0. The van der Waals surface area contributed by atoms with Crippen LogP contribution in [0.4, 0.5) is 4.39 Å². The van der Waals surface area contributed by atoms with Crippen LogP contribution in [0.1, 0.15) is 48.8 Å². The lowest BCUT2D eigenvalue weighted by atomic mass is 9.81. The van der Waals surface area contributed by atoms with Gasteiger partial charge in [0.25, 0.3) is 0 Å². The van der Waals surface area contributed by atoms with Gasteiger partial charge in [0.15, 0.2) is 0 Å². The number of benzene rings is 1. The van der Waals surface area contributed by atoms with E-state index in [1.54, 1.807) is 6.07 Å². The molecule has 0 amide bonds. The first-order chi connectivity index (χ1) is 7.66. The van der Waals surface area contributed by atoms with Gasteiger partial charge in [-0.3, -0.25) is 0 Å². The third-order valence-corrected chi connectivity index (χ3v) is 3.83. The molecule has 0 atom stereocenters. The van der Waals surface area contributed by atoms with E-state index in [4.69, 9.17) is 0 Å². The van der Waals surface area contributed by atoms with Crippen LogP contribution in [-0.2, 0) is 6.42 Å². The topological polar surface area (TPSA) is 0 Å². The largest absolute Gasteiger partial charge is 0.207 e. The van der Waals surface area contributed by atoms with Gasteiger partial charge < -0.3 is 0 Å². The van der Waals surface area contributed by atoms with Crippen LogP contribution in [0.2, 0.25) is 0 Å². The summed E-state index contributed by atoms with van der Waals surface area (Å²) >= 11 is 0. The quantitative estimate of drug-likeness (QED) is 0.697. The summed E-state index contributed by atoms with van der Waals surface area (Å²) in [5.41, 5.74) is 3.08. The van der Waals surface area contributed by atoms with Gasteiger partial charge in [-0.2, -0.15) is 0 Å². The Kier molecular flexibility index (Phi) is 3.63. The Labute approximate surface area is 97.9 Å². The van der Waals surface area contributed by atoms with Crippen LogP contribution in [-0.4, -0.2) is 0 Å². The second-order valence-corrected chi connectivity index (χ2v) is 5.23. The lowest BCUT2D eigenvalue weighted by molar-refractivity contribution is 0.289. The maximum Gasteiger partial charge on any atom is 0.126 e. The van der Waals surface area contributed by atoms with E-state index < -0.39 is 0 Å². The maximum absolute atomic E-state index is 13.7. The molecule has 1 aromatic rings. The fraction of sp³-hybridized carbons (Fsp3) is 0.600. The van der Waals surface area contributed by atoms with Crippen molar-refractivity contribution in [3.05, 3.63) is 34.6 Å². The molecular formula is C15H21F. The second kappa shape index (κ2) is 4.99. The summed E-state index contributed by atoms with van der Waals surface area (Å²) in [6.07, 6.45) is 7.54. The molecule has 0 radical (unpaired) electrons. The summed E-state index contributed by atoms with van der Waals surface area (Å²) in [6, 6.07) is 3.74. The van der Waals surface area contributed by atoms with E-state index in [0.717, 1.165) is 35.4 Å². The van der Waals surface area contributed by atoms with Gasteiger partial charge in [0.1, 0.15) is 5.82 Å². The first kappa shape index (κ1) is 11.6. The van der Waals surface area contributed by atoms with Crippen LogP contribution in [0.5, 0.6) is 0 Å². The van der Waals surface area contributed by atoms with Crippen molar-refractivity contribution >= 4 is 0 Å². The molecule has 0 heterocycles. The molecule has 1 aliphatic carbocycles. The fourth-order valence-electron chi connectivity index (χ4n) is 2.61. The van der Waals surface area contributed by atoms with Crippen molar-refractivity contribution in [1.29, 1.82) is 0 Å². The molecular weight excluding hydrogens is 199 g/mol. The SMILES string of the molecule is Cc1cc(C)c(CCCC2CCC2)c(F)c1. The Balaban J connectivity index is 1.92. The van der Waals surface area contributed by atoms with Crippen molar-refractivity contribution in [3.63, 3.8) is 0 Å². The first-order valence-corrected chi connectivity index (χ1v) is 6.42. The minimum Gasteiger partial charge on any atom is -0.207 e. The van der Waals surface area contributed by atoms with Gasteiger partial charge in [-0.1, -0.05) is 31.7 Å². The van der Waals surface area contributed by atoms with Gasteiger partial charge in [-0.15, -0.1) is 0 Å². The molecule has 16 heavy (non-hydrogen) atoms. The van der Waals surface area contributed by atoms with Gasteiger partial charge in [-0.05, 0) is 55.4 Å². The Morgan fingerprint density at radius 3 is 2.56 bits per heavy atom. The van der Waals surface area contributed by atoms with E-state index in [9.17, 15) is 4.39 Å². The van der Waals surface area contributed by atoms with Crippen molar-refractivity contribution in [2.45, 2.75) is 52.4 Å². The number of hydrogen-bond acceptors (Lipinski definition) is 0. The molecule has 0 bridgehead atoms. The summed E-state index contributed by atoms with van der Waals surface area (Å²) in [7, 11) is 0. The van der Waals surface area contributed by atoms with Crippen LogP contribution >= 0.6 is 0 Å². The Morgan fingerprint density at radius 1 is 1.25 bits per heavy atom. The van der Waals surface area contributed by atoms with E-state index in [1.165, 1.54) is 25.7 Å². The van der Waals surface area contributed by atoms with Crippen molar-refractivity contribution in [2.24, 2.45) is 5.92 Å². The van der Waals surface area contributed by atoms with Crippen molar-refractivity contribution in [2.75, 3.05) is 0 Å². The molecule has 2 rings (SSSR count). The predicted octanol–water partition coefficient (Wildman–Crippen LogP) is 4.57. The number of aryl methyl sites for hydroxylation is 2. The van der Waals surface area contributed by atoms with Crippen LogP contribution in [0.25, 0.3) is 0 Å². The molecule has 1 fully saturated rings. The zero-order valence-corrected chi connectivity index (χ0v) is 10.4. The molecule has 88 valence electrons. The molecule has 1 heteroatoms. The third kappa shape index (κ3) is 2.63. The van der Waals surface area contributed by atoms with E-state index in [2.05, 4.69) is 6.07 Å². The Bertz CT molecular complexity index is 341. The molecule has 0 aromatic heterocycles. The van der Waals surface area contributed by atoms with E-state index in [1.807, 2.05) is 13.8 Å². The second-order valence-electron chi connectivity index (χ2n) is 5.23. The molecule has 0 N–H and O–H groups in total. The molecule has 1 aliphatic rings. The minimum atomic E-state index is -0.00823. The molecule has 0 unspecified atom stereocenters. The Hall–Kier alpha value is -0.850. The van der Waals surface area contributed by atoms with Gasteiger partial charge in [0.05, 0.1) is 0 Å². The van der Waals surface area contributed by atoms with Gasteiger partial charge in [-0.25, -0.2) is 4.39 Å². The minimum absolute atomic E-state index is 0.00823. The average molecular weight is 220 g/mol. The molecule has 0 aliphatic heterocycles. The van der Waals surface area contributed by atoms with Gasteiger partial charge >= 0.3 is 0 Å². The summed E-state index contributed by atoms with van der Waals surface area (Å²) in [6.45, 7) is 3.98. The van der Waals surface area contributed by atoms with Crippen LogP contribution < -0.4 is 0 Å². The van der Waals surface area contributed by atoms with E-state index >= 15 is 0 Å². The number of halogens is 1. The molecule has 0 nitrogen and oxygen atoms in total. The summed E-state index contributed by atoms with van der Waals surface area (Å²) in [5, 5.41) is 0. The van der Waals surface area contributed by atoms with E-state index in [0.29, 0.717) is 0 Å². The lowest BCUT2D eigenvalue weighted by Gasteiger charge is -2.25. The van der Waals surface area contributed by atoms with Gasteiger partial charge in [0.2, 0.25) is 0 Å². The normalized spacial score (nSPS) is 16.2. The Morgan fingerprint density at radius 2 is 2.00 bits per heavy atom. The zero-order chi connectivity index (χ0) is 11.5. The molecule has 1 saturated carbocycles. The highest BCUT2D eigenvalue weighted by atomic mass is 19.1. The molecule has 1 aromatic carbocycles. The van der Waals surface area contributed by atoms with E-state index in [-0.39, 0.29) is 5.82 Å². The number of rotatable bonds is 4. The summed E-state index contributed by atoms with van der Waals surface area (Å²) in [5.74, 6) is 0.930. The summed E-state index contributed by atoms with van der Waals surface area (Å²) < 4.78 is 13.7. The summed E-state index contributed by atoms with van der Waals surface area (Å²) in [4.78, 5) is 0. The first-order valence-electron chi connectivity index (χ1n) is 6.42. The molecule has 0 spiro atoms. The highest BCUT2D eigenvalue weighted by Gasteiger charge is 2.17. The van der Waals surface area contributed by atoms with Gasteiger partial charge in [0, 0.05) is 0 Å². The third-order valence-electron chi connectivity index (χ3n) is 3.83. The highest BCUT2D eigenvalue weighted by Crippen LogP contribution is 2.31. The standard InChI is InChI=1S/C15H21F/c1-11-9-12(2)14(15(16)10-11)8-4-7-13-5-3-6-13/h9-10,13H,3-8H2,1-2H3. The fourth-order valence-corrected chi connectivity index (χ4v) is 2.61.